The van der Waals surface area contributed by atoms with Crippen molar-refractivity contribution in [1.82, 2.24) is 9.88 Å². The fourth-order valence-electron chi connectivity index (χ4n) is 3.09. The van der Waals surface area contributed by atoms with Crippen molar-refractivity contribution in [3.05, 3.63) is 77.3 Å². The Balaban J connectivity index is 1.93. The van der Waals surface area contributed by atoms with Gasteiger partial charge < -0.3 is 9.73 Å². The first-order valence-electron chi connectivity index (χ1n) is 8.68. The standard InChI is InChI=1S/C21H21N3O2/c1-3-9-18(16-10-5-4-6-11-16)23-20(25)19-15(2)26-21(17(19)14-22)24-12-7-8-13-24/h4-8,10-13,18H,3,9H2,1-2H3,(H,23,25). The van der Waals surface area contributed by atoms with Gasteiger partial charge in [0.15, 0.2) is 0 Å². The molecule has 0 aliphatic heterocycles. The maximum Gasteiger partial charge on any atom is 0.256 e. The summed E-state index contributed by atoms with van der Waals surface area (Å²) in [5, 5.41) is 12.7. The molecular weight excluding hydrogens is 326 g/mol. The number of carbonyl (C=O) groups is 1. The van der Waals surface area contributed by atoms with Crippen molar-refractivity contribution in [2.24, 2.45) is 0 Å². The molecule has 5 heteroatoms. The molecule has 0 aliphatic carbocycles. The van der Waals surface area contributed by atoms with Gasteiger partial charge in [-0.05, 0) is 31.0 Å². The maximum atomic E-state index is 13.0. The second kappa shape index (κ2) is 7.75. The van der Waals surface area contributed by atoms with Crippen LogP contribution in [0.15, 0.2) is 59.3 Å². The Morgan fingerprint density at radius 3 is 2.54 bits per heavy atom. The van der Waals surface area contributed by atoms with Crippen molar-refractivity contribution >= 4 is 5.91 Å². The Kier molecular flexibility index (Phi) is 5.23. The summed E-state index contributed by atoms with van der Waals surface area (Å²) in [7, 11) is 0. The quantitative estimate of drug-likeness (QED) is 0.712. The molecule has 1 atom stereocenters. The fraction of sp³-hybridized carbons (Fsp3) is 0.238. The predicted molar refractivity (Wildman–Crippen MR) is 99.0 cm³/mol. The van der Waals surface area contributed by atoms with E-state index in [1.54, 1.807) is 23.9 Å². The number of benzene rings is 1. The third-order valence-electron chi connectivity index (χ3n) is 4.33. The highest BCUT2D eigenvalue weighted by atomic mass is 16.4. The second-order valence-electron chi connectivity index (χ2n) is 6.14. The number of rotatable bonds is 6. The van der Waals surface area contributed by atoms with Crippen molar-refractivity contribution in [3.63, 3.8) is 0 Å². The van der Waals surface area contributed by atoms with E-state index in [-0.39, 0.29) is 17.5 Å². The van der Waals surface area contributed by atoms with Gasteiger partial charge in [0, 0.05) is 12.4 Å². The van der Waals surface area contributed by atoms with E-state index in [0.717, 1.165) is 18.4 Å². The number of hydrogen-bond acceptors (Lipinski definition) is 3. The third-order valence-corrected chi connectivity index (χ3v) is 4.33. The zero-order valence-corrected chi connectivity index (χ0v) is 14.9. The molecule has 0 saturated heterocycles. The van der Waals surface area contributed by atoms with Gasteiger partial charge in [0.2, 0.25) is 5.88 Å². The number of hydrogen-bond donors (Lipinski definition) is 1. The molecule has 3 rings (SSSR count). The minimum absolute atomic E-state index is 0.107. The van der Waals surface area contributed by atoms with E-state index in [2.05, 4.69) is 18.3 Å². The molecule has 1 amide bonds. The summed E-state index contributed by atoms with van der Waals surface area (Å²) in [5.41, 5.74) is 1.60. The normalized spacial score (nSPS) is 11.7. The van der Waals surface area contributed by atoms with Crippen molar-refractivity contribution in [3.8, 4) is 12.0 Å². The lowest BCUT2D eigenvalue weighted by molar-refractivity contribution is 0.0932. The monoisotopic (exact) mass is 347 g/mol. The zero-order chi connectivity index (χ0) is 18.5. The van der Waals surface area contributed by atoms with E-state index in [0.29, 0.717) is 17.2 Å². The van der Waals surface area contributed by atoms with E-state index in [1.807, 2.05) is 42.5 Å². The van der Waals surface area contributed by atoms with Crippen LogP contribution >= 0.6 is 0 Å². The van der Waals surface area contributed by atoms with E-state index in [1.165, 1.54) is 0 Å². The van der Waals surface area contributed by atoms with Crippen LogP contribution in [0.1, 0.15) is 53.1 Å². The molecule has 132 valence electrons. The summed E-state index contributed by atoms with van der Waals surface area (Å²) in [6, 6.07) is 15.6. The predicted octanol–water partition coefficient (Wildman–Crippen LogP) is 4.52. The molecule has 1 N–H and O–H groups in total. The van der Waals surface area contributed by atoms with Gasteiger partial charge >= 0.3 is 0 Å². The summed E-state index contributed by atoms with van der Waals surface area (Å²) in [6.45, 7) is 3.79. The van der Waals surface area contributed by atoms with Gasteiger partial charge in [-0.1, -0.05) is 43.7 Å². The summed E-state index contributed by atoms with van der Waals surface area (Å²) >= 11 is 0. The first kappa shape index (κ1) is 17.6. The lowest BCUT2D eigenvalue weighted by Gasteiger charge is -2.18. The highest BCUT2D eigenvalue weighted by molar-refractivity contribution is 5.98. The fourth-order valence-corrected chi connectivity index (χ4v) is 3.09. The molecule has 5 nitrogen and oxygen atoms in total. The molecule has 2 aromatic heterocycles. The maximum absolute atomic E-state index is 13.0. The molecule has 1 unspecified atom stereocenters. The Hall–Kier alpha value is -3.26. The van der Waals surface area contributed by atoms with Gasteiger partial charge in [-0.3, -0.25) is 9.36 Å². The largest absolute Gasteiger partial charge is 0.443 e. The SMILES string of the molecule is CCCC(NC(=O)c1c(C)oc(-n2cccc2)c1C#N)c1ccccc1. The highest BCUT2D eigenvalue weighted by Crippen LogP contribution is 2.27. The van der Waals surface area contributed by atoms with Crippen molar-refractivity contribution in [1.29, 1.82) is 5.26 Å². The lowest BCUT2D eigenvalue weighted by Crippen LogP contribution is -2.29. The van der Waals surface area contributed by atoms with Gasteiger partial charge in [-0.15, -0.1) is 0 Å². The smallest absolute Gasteiger partial charge is 0.256 e. The van der Waals surface area contributed by atoms with Gasteiger partial charge in [-0.2, -0.15) is 5.26 Å². The van der Waals surface area contributed by atoms with Gasteiger partial charge in [-0.25, -0.2) is 0 Å². The Labute approximate surface area is 152 Å². The van der Waals surface area contributed by atoms with Crippen LogP contribution < -0.4 is 5.32 Å². The van der Waals surface area contributed by atoms with Crippen LogP contribution in [-0.4, -0.2) is 10.5 Å². The topological polar surface area (TPSA) is 71.0 Å². The number of nitrogens with one attached hydrogen (secondary N) is 1. The highest BCUT2D eigenvalue weighted by Gasteiger charge is 2.26. The average Bonchev–Trinajstić information content (AvgIpc) is 3.29. The number of carbonyl (C=O) groups excluding carboxylic acids is 1. The van der Waals surface area contributed by atoms with Gasteiger partial charge in [0.1, 0.15) is 23.0 Å². The first-order chi connectivity index (χ1) is 12.7. The molecule has 0 aliphatic rings. The summed E-state index contributed by atoms with van der Waals surface area (Å²) in [5.74, 6) is 0.515. The summed E-state index contributed by atoms with van der Waals surface area (Å²) in [4.78, 5) is 13.0. The van der Waals surface area contributed by atoms with Crippen LogP contribution in [0.4, 0.5) is 0 Å². The number of aromatic nitrogens is 1. The molecule has 2 heterocycles. The van der Waals surface area contributed by atoms with E-state index >= 15 is 0 Å². The molecule has 0 radical (unpaired) electrons. The number of nitrogens with zero attached hydrogens (tertiary/aromatic N) is 2. The van der Waals surface area contributed by atoms with E-state index < -0.39 is 0 Å². The number of aryl methyl sites for hydroxylation is 1. The minimum atomic E-state index is -0.288. The average molecular weight is 347 g/mol. The van der Waals surface area contributed by atoms with Crippen LogP contribution in [0.25, 0.3) is 5.88 Å². The van der Waals surface area contributed by atoms with Gasteiger partial charge in [0.25, 0.3) is 5.91 Å². The number of nitriles is 1. The van der Waals surface area contributed by atoms with Crippen molar-refractivity contribution < 1.29 is 9.21 Å². The zero-order valence-electron chi connectivity index (χ0n) is 14.9. The van der Waals surface area contributed by atoms with E-state index in [9.17, 15) is 10.1 Å². The Morgan fingerprint density at radius 1 is 1.23 bits per heavy atom. The molecule has 1 aromatic carbocycles. The Bertz CT molecular complexity index is 918. The van der Waals surface area contributed by atoms with Crippen LogP contribution in [0, 0.1) is 18.3 Å². The summed E-state index contributed by atoms with van der Waals surface area (Å²) in [6.07, 6.45) is 5.32. The third kappa shape index (κ3) is 3.40. The minimum Gasteiger partial charge on any atom is -0.443 e. The molecule has 0 fully saturated rings. The number of furan rings is 1. The van der Waals surface area contributed by atoms with Crippen LogP contribution in [0.3, 0.4) is 0 Å². The lowest BCUT2D eigenvalue weighted by atomic mass is 10.0. The molecule has 26 heavy (non-hydrogen) atoms. The van der Waals surface area contributed by atoms with Crippen LogP contribution in [-0.2, 0) is 0 Å². The van der Waals surface area contributed by atoms with Gasteiger partial charge in [0.05, 0.1) is 6.04 Å². The van der Waals surface area contributed by atoms with Crippen molar-refractivity contribution in [2.45, 2.75) is 32.7 Å². The van der Waals surface area contributed by atoms with Crippen molar-refractivity contribution in [2.75, 3.05) is 0 Å². The molecule has 0 spiro atoms. The second-order valence-corrected chi connectivity index (χ2v) is 6.14. The molecular formula is C21H21N3O2. The molecule has 3 aromatic rings. The van der Waals surface area contributed by atoms with E-state index in [4.69, 9.17) is 4.42 Å². The number of amides is 1. The van der Waals surface area contributed by atoms with Crippen LogP contribution in [0.2, 0.25) is 0 Å². The molecule has 0 saturated carbocycles. The Morgan fingerprint density at radius 2 is 1.92 bits per heavy atom. The first-order valence-corrected chi connectivity index (χ1v) is 8.68. The molecule has 0 bridgehead atoms. The van der Waals surface area contributed by atoms with Crippen LogP contribution in [0.5, 0.6) is 0 Å². The summed E-state index contributed by atoms with van der Waals surface area (Å²) < 4.78 is 7.43.